The number of aryl methyl sites for hydroxylation is 1. The molecule has 2 heterocycles. The highest BCUT2D eigenvalue weighted by Gasteiger charge is 2.45. The molecule has 1 fully saturated rings. The van der Waals surface area contributed by atoms with Crippen LogP contribution in [0.2, 0.25) is 0 Å². The van der Waals surface area contributed by atoms with Crippen LogP contribution in [0.1, 0.15) is 58.2 Å². The largest absolute Gasteiger partial charge is 0.388 e. The van der Waals surface area contributed by atoms with Crippen molar-refractivity contribution in [3.8, 4) is 0 Å². The third-order valence-corrected chi connectivity index (χ3v) is 6.02. The predicted molar refractivity (Wildman–Crippen MR) is 103 cm³/mol. The van der Waals surface area contributed by atoms with Crippen LogP contribution in [0.3, 0.4) is 0 Å². The Balaban J connectivity index is 2.29. The SMILES string of the molecule is CCCCc1cn(C2O[C@H](CC(C)(I)CC)[C@@H](O)[C@H]2O)c(=O)[nH]c1=O. The van der Waals surface area contributed by atoms with Gasteiger partial charge in [-0.15, -0.1) is 0 Å². The Kier molecular flexibility index (Phi) is 6.86. The molecule has 1 aliphatic rings. The Hall–Kier alpha value is -0.710. The Labute approximate surface area is 160 Å². The number of aliphatic hydroxyl groups is 2. The summed E-state index contributed by atoms with van der Waals surface area (Å²) in [5.74, 6) is 0. The number of nitrogens with one attached hydrogen (secondary N) is 1. The molecule has 0 amide bonds. The number of H-pyrrole nitrogens is 1. The van der Waals surface area contributed by atoms with Crippen molar-refractivity contribution in [1.29, 1.82) is 0 Å². The number of aromatic amines is 1. The molecular weight excluding hydrogens is 439 g/mol. The Bertz CT molecular complexity index is 699. The summed E-state index contributed by atoms with van der Waals surface area (Å²) in [7, 11) is 0. The van der Waals surface area contributed by atoms with E-state index in [2.05, 4.69) is 34.5 Å². The molecule has 1 aromatic rings. The van der Waals surface area contributed by atoms with Crippen molar-refractivity contribution < 1.29 is 14.9 Å². The van der Waals surface area contributed by atoms with Crippen molar-refractivity contribution in [3.05, 3.63) is 32.6 Å². The quantitative estimate of drug-likeness (QED) is 0.418. The number of aliphatic hydroxyl groups excluding tert-OH is 2. The second-order valence-electron chi connectivity index (χ2n) is 6.94. The lowest BCUT2D eigenvalue weighted by molar-refractivity contribution is -0.0436. The second kappa shape index (κ2) is 8.32. The van der Waals surface area contributed by atoms with Gasteiger partial charge in [0.2, 0.25) is 0 Å². The molecule has 8 heteroatoms. The topological polar surface area (TPSA) is 105 Å². The normalized spacial score (nSPS) is 28.9. The molecule has 1 aromatic heterocycles. The molecule has 1 aliphatic heterocycles. The molecule has 5 atom stereocenters. The van der Waals surface area contributed by atoms with E-state index in [1.807, 2.05) is 13.8 Å². The maximum Gasteiger partial charge on any atom is 0.330 e. The van der Waals surface area contributed by atoms with Gasteiger partial charge < -0.3 is 14.9 Å². The van der Waals surface area contributed by atoms with Crippen molar-refractivity contribution in [2.75, 3.05) is 0 Å². The minimum atomic E-state index is -1.23. The van der Waals surface area contributed by atoms with Crippen LogP contribution < -0.4 is 11.2 Å². The van der Waals surface area contributed by atoms with E-state index in [1.54, 1.807) is 0 Å². The second-order valence-corrected chi connectivity index (χ2v) is 9.55. The third-order valence-electron chi connectivity index (χ3n) is 4.82. The van der Waals surface area contributed by atoms with Gasteiger partial charge >= 0.3 is 5.69 Å². The zero-order chi connectivity index (χ0) is 18.8. The van der Waals surface area contributed by atoms with E-state index in [4.69, 9.17) is 4.74 Å². The van der Waals surface area contributed by atoms with Crippen LogP contribution in [-0.4, -0.2) is 41.5 Å². The number of unbranched alkanes of at least 4 members (excludes halogenated alkanes) is 1. The van der Waals surface area contributed by atoms with Gasteiger partial charge in [-0.2, -0.15) is 0 Å². The first-order chi connectivity index (χ1) is 11.7. The highest BCUT2D eigenvalue weighted by molar-refractivity contribution is 14.1. The molecule has 7 nitrogen and oxygen atoms in total. The molecule has 0 spiro atoms. The summed E-state index contributed by atoms with van der Waals surface area (Å²) in [6, 6.07) is 0. The van der Waals surface area contributed by atoms with Crippen LogP contribution in [0.25, 0.3) is 0 Å². The fraction of sp³-hybridized carbons (Fsp3) is 0.765. The molecule has 2 unspecified atom stereocenters. The maximum atomic E-state index is 12.2. The molecule has 0 saturated carbocycles. The van der Waals surface area contributed by atoms with E-state index in [1.165, 1.54) is 10.8 Å². The van der Waals surface area contributed by atoms with E-state index in [0.29, 0.717) is 18.4 Å². The van der Waals surface area contributed by atoms with E-state index in [0.717, 1.165) is 19.3 Å². The van der Waals surface area contributed by atoms with Gasteiger partial charge in [0.05, 0.1) is 6.10 Å². The van der Waals surface area contributed by atoms with Gasteiger partial charge in [-0.05, 0) is 25.7 Å². The zero-order valence-corrected chi connectivity index (χ0v) is 17.0. The summed E-state index contributed by atoms with van der Waals surface area (Å²) in [5, 5.41) is 20.7. The van der Waals surface area contributed by atoms with Gasteiger partial charge in [0, 0.05) is 15.2 Å². The molecule has 1 saturated heterocycles. The average molecular weight is 466 g/mol. The first-order valence-electron chi connectivity index (χ1n) is 8.75. The van der Waals surface area contributed by atoms with Crippen molar-refractivity contribution in [2.24, 2.45) is 0 Å². The highest BCUT2D eigenvalue weighted by atomic mass is 127. The first-order valence-corrected chi connectivity index (χ1v) is 9.83. The number of hydrogen-bond donors (Lipinski definition) is 3. The van der Waals surface area contributed by atoms with E-state index < -0.39 is 35.8 Å². The van der Waals surface area contributed by atoms with Crippen LogP contribution in [-0.2, 0) is 11.2 Å². The molecule has 0 aliphatic carbocycles. The number of halogens is 1. The molecule has 0 aromatic carbocycles. The summed E-state index contributed by atoms with van der Waals surface area (Å²) in [6.07, 6.45) is 1.30. The van der Waals surface area contributed by atoms with E-state index >= 15 is 0 Å². The number of alkyl halides is 1. The smallest absolute Gasteiger partial charge is 0.330 e. The first kappa shape index (κ1) is 20.6. The minimum absolute atomic E-state index is 0.0831. The van der Waals surface area contributed by atoms with Crippen molar-refractivity contribution >= 4 is 22.6 Å². The summed E-state index contributed by atoms with van der Waals surface area (Å²) >= 11 is 2.31. The number of ether oxygens (including phenoxy) is 1. The van der Waals surface area contributed by atoms with Crippen molar-refractivity contribution in [2.45, 2.75) is 80.8 Å². The Morgan fingerprint density at radius 2 is 2.00 bits per heavy atom. The maximum absolute atomic E-state index is 12.2. The standard InChI is InChI=1S/C17H27IN2O5/c1-4-6-7-10-9-20(16(24)19-14(10)23)15-13(22)12(21)11(25-15)8-17(3,18)5-2/h9,11-13,15,21-22H,4-8H2,1-3H3,(H,19,23,24)/t11-,12-,13-,15?,17?/m1/s1. The van der Waals surface area contributed by atoms with Gasteiger partial charge in [0.25, 0.3) is 5.56 Å². The van der Waals surface area contributed by atoms with Crippen LogP contribution in [0.15, 0.2) is 15.8 Å². The lowest BCUT2D eigenvalue weighted by Gasteiger charge is -2.25. The molecule has 3 N–H and O–H groups in total. The lowest BCUT2D eigenvalue weighted by atomic mass is 9.97. The fourth-order valence-corrected chi connectivity index (χ4v) is 3.39. The number of nitrogens with zero attached hydrogens (tertiary/aromatic N) is 1. The molecule has 0 radical (unpaired) electrons. The third kappa shape index (κ3) is 4.72. The van der Waals surface area contributed by atoms with Crippen LogP contribution in [0.4, 0.5) is 0 Å². The van der Waals surface area contributed by atoms with Crippen molar-refractivity contribution in [1.82, 2.24) is 9.55 Å². The number of rotatable bonds is 7. The van der Waals surface area contributed by atoms with Gasteiger partial charge in [-0.3, -0.25) is 14.3 Å². The van der Waals surface area contributed by atoms with E-state index in [-0.39, 0.29) is 3.42 Å². The van der Waals surface area contributed by atoms with Gasteiger partial charge in [0.15, 0.2) is 6.23 Å². The van der Waals surface area contributed by atoms with Gasteiger partial charge in [-0.25, -0.2) is 4.79 Å². The number of aromatic nitrogens is 2. The monoisotopic (exact) mass is 466 g/mol. The summed E-state index contributed by atoms with van der Waals surface area (Å²) in [5.41, 5.74) is -0.581. The van der Waals surface area contributed by atoms with Gasteiger partial charge in [0.1, 0.15) is 12.2 Å². The molecular formula is C17H27IN2O5. The van der Waals surface area contributed by atoms with Crippen LogP contribution in [0.5, 0.6) is 0 Å². The predicted octanol–water partition coefficient (Wildman–Crippen LogP) is 1.49. The van der Waals surface area contributed by atoms with E-state index in [9.17, 15) is 19.8 Å². The number of hydrogen-bond acceptors (Lipinski definition) is 5. The van der Waals surface area contributed by atoms with Gasteiger partial charge in [-0.1, -0.05) is 49.8 Å². The molecule has 0 bridgehead atoms. The Morgan fingerprint density at radius 1 is 1.32 bits per heavy atom. The highest BCUT2D eigenvalue weighted by Crippen LogP contribution is 2.37. The Morgan fingerprint density at radius 3 is 2.60 bits per heavy atom. The minimum Gasteiger partial charge on any atom is -0.388 e. The molecule has 25 heavy (non-hydrogen) atoms. The summed E-state index contributed by atoms with van der Waals surface area (Å²) in [6.45, 7) is 6.12. The molecule has 2 rings (SSSR count). The van der Waals surface area contributed by atoms with Crippen LogP contribution >= 0.6 is 22.6 Å². The van der Waals surface area contributed by atoms with Crippen LogP contribution in [0, 0.1) is 0 Å². The lowest BCUT2D eigenvalue weighted by Crippen LogP contribution is -2.39. The summed E-state index contributed by atoms with van der Waals surface area (Å²) < 4.78 is 6.93. The van der Waals surface area contributed by atoms with Crippen molar-refractivity contribution in [3.63, 3.8) is 0 Å². The fourth-order valence-electron chi connectivity index (χ4n) is 2.95. The molecule has 142 valence electrons. The zero-order valence-electron chi connectivity index (χ0n) is 14.9. The average Bonchev–Trinajstić information content (AvgIpc) is 2.82. The summed E-state index contributed by atoms with van der Waals surface area (Å²) in [4.78, 5) is 26.4.